The van der Waals surface area contributed by atoms with Crippen LogP contribution in [0.2, 0.25) is 0 Å². The van der Waals surface area contributed by atoms with Crippen molar-refractivity contribution in [3.8, 4) is 0 Å². The van der Waals surface area contributed by atoms with E-state index >= 15 is 0 Å². The normalized spacial score (nSPS) is 16.5. The molecule has 0 saturated heterocycles. The second-order valence-electron chi connectivity index (χ2n) is 3.38. The van der Waals surface area contributed by atoms with Gasteiger partial charge in [-0.2, -0.15) is 5.10 Å². The van der Waals surface area contributed by atoms with Crippen LogP contribution in [0, 0.1) is 0 Å². The average molecular weight is 165 g/mol. The van der Waals surface area contributed by atoms with E-state index in [1.807, 2.05) is 11.7 Å². The third kappa shape index (κ3) is 1.31. The molecule has 0 spiro atoms. The van der Waals surface area contributed by atoms with Crippen molar-refractivity contribution in [1.82, 2.24) is 9.78 Å². The lowest BCUT2D eigenvalue weighted by atomic mass is 10.3. The highest BCUT2D eigenvalue weighted by Gasteiger charge is 2.26. The van der Waals surface area contributed by atoms with E-state index in [0.717, 1.165) is 18.3 Å². The molecule has 1 aromatic rings. The van der Waals surface area contributed by atoms with Crippen molar-refractivity contribution in [2.75, 3.05) is 11.9 Å². The molecule has 1 aliphatic rings. The minimum Gasteiger partial charge on any atom is -0.371 e. The highest BCUT2D eigenvalue weighted by Crippen LogP contribution is 2.39. The lowest BCUT2D eigenvalue weighted by molar-refractivity contribution is 0.747. The molecule has 0 unspecified atom stereocenters. The predicted octanol–water partition coefficient (Wildman–Crippen LogP) is 1.73. The van der Waals surface area contributed by atoms with Gasteiger partial charge in [-0.3, -0.25) is 4.68 Å². The molecule has 1 fully saturated rings. The third-order valence-electron chi connectivity index (χ3n) is 2.25. The van der Waals surface area contributed by atoms with Crippen LogP contribution in [-0.2, 0) is 7.05 Å². The van der Waals surface area contributed by atoms with Crippen LogP contribution in [0.1, 0.15) is 31.4 Å². The third-order valence-corrected chi connectivity index (χ3v) is 2.25. The van der Waals surface area contributed by atoms with Crippen molar-refractivity contribution < 1.29 is 0 Å². The average Bonchev–Trinajstić information content (AvgIpc) is 2.80. The van der Waals surface area contributed by atoms with Crippen LogP contribution in [0.5, 0.6) is 0 Å². The molecular formula is C9H15N3. The van der Waals surface area contributed by atoms with E-state index < -0.39 is 0 Å². The van der Waals surface area contributed by atoms with Gasteiger partial charge in [0, 0.05) is 25.6 Å². The van der Waals surface area contributed by atoms with Gasteiger partial charge in [-0.15, -0.1) is 0 Å². The molecule has 0 atom stereocenters. The van der Waals surface area contributed by atoms with E-state index in [-0.39, 0.29) is 0 Å². The zero-order valence-corrected chi connectivity index (χ0v) is 7.67. The first-order valence-electron chi connectivity index (χ1n) is 4.59. The maximum absolute atomic E-state index is 4.45. The van der Waals surface area contributed by atoms with Crippen molar-refractivity contribution >= 4 is 5.82 Å². The monoisotopic (exact) mass is 165 g/mol. The Morgan fingerprint density at radius 2 is 2.42 bits per heavy atom. The van der Waals surface area contributed by atoms with E-state index in [0.29, 0.717) is 0 Å². The van der Waals surface area contributed by atoms with Crippen molar-refractivity contribution in [3.63, 3.8) is 0 Å². The molecule has 1 aromatic heterocycles. The number of aromatic nitrogens is 2. The van der Waals surface area contributed by atoms with E-state index in [9.17, 15) is 0 Å². The van der Waals surface area contributed by atoms with E-state index in [1.54, 1.807) is 0 Å². The molecule has 0 radical (unpaired) electrons. The molecule has 2 rings (SSSR count). The smallest absolute Gasteiger partial charge is 0.124 e. The fourth-order valence-electron chi connectivity index (χ4n) is 1.41. The second kappa shape index (κ2) is 2.81. The fraction of sp³-hybridized carbons (Fsp3) is 0.667. The van der Waals surface area contributed by atoms with Gasteiger partial charge in [0.1, 0.15) is 5.82 Å². The first kappa shape index (κ1) is 7.65. The largest absolute Gasteiger partial charge is 0.371 e. The molecule has 0 aliphatic heterocycles. The predicted molar refractivity (Wildman–Crippen MR) is 49.3 cm³/mol. The molecule has 1 N–H and O–H groups in total. The van der Waals surface area contributed by atoms with E-state index in [2.05, 4.69) is 23.4 Å². The Bertz CT molecular complexity index is 273. The molecular weight excluding hydrogens is 150 g/mol. The molecule has 0 amide bonds. The number of nitrogens with zero attached hydrogens (tertiary/aromatic N) is 2. The Hall–Kier alpha value is -0.990. The van der Waals surface area contributed by atoms with Crippen molar-refractivity contribution in [2.24, 2.45) is 7.05 Å². The van der Waals surface area contributed by atoms with Gasteiger partial charge in [-0.25, -0.2) is 0 Å². The lowest BCUT2D eigenvalue weighted by Gasteiger charge is -2.00. The molecule has 1 aliphatic carbocycles. The molecule has 0 bridgehead atoms. The van der Waals surface area contributed by atoms with Gasteiger partial charge < -0.3 is 5.32 Å². The number of rotatable bonds is 3. The standard InChI is InChI=1S/C9H15N3/c1-3-10-9-6-8(7-4-5-7)11-12(9)2/h6-7,10H,3-5H2,1-2H3. The van der Waals surface area contributed by atoms with Crippen molar-refractivity contribution in [1.29, 1.82) is 0 Å². The Morgan fingerprint density at radius 3 is 3.00 bits per heavy atom. The van der Waals surface area contributed by atoms with Crippen LogP contribution in [0.3, 0.4) is 0 Å². The van der Waals surface area contributed by atoms with Gasteiger partial charge in [-0.05, 0) is 19.8 Å². The van der Waals surface area contributed by atoms with Gasteiger partial charge in [-0.1, -0.05) is 0 Å². The van der Waals surface area contributed by atoms with Gasteiger partial charge >= 0.3 is 0 Å². The Labute approximate surface area is 72.8 Å². The summed E-state index contributed by atoms with van der Waals surface area (Å²) in [6.45, 7) is 3.06. The van der Waals surface area contributed by atoms with Crippen molar-refractivity contribution in [3.05, 3.63) is 11.8 Å². The number of nitrogens with one attached hydrogen (secondary N) is 1. The second-order valence-corrected chi connectivity index (χ2v) is 3.38. The van der Waals surface area contributed by atoms with E-state index in [1.165, 1.54) is 18.5 Å². The molecule has 0 aromatic carbocycles. The fourth-order valence-corrected chi connectivity index (χ4v) is 1.41. The van der Waals surface area contributed by atoms with Crippen LogP contribution < -0.4 is 5.32 Å². The first-order chi connectivity index (χ1) is 5.81. The Kier molecular flexibility index (Phi) is 1.79. The van der Waals surface area contributed by atoms with Crippen LogP contribution in [-0.4, -0.2) is 16.3 Å². The van der Waals surface area contributed by atoms with Crippen LogP contribution in [0.25, 0.3) is 0 Å². The molecule has 66 valence electrons. The molecule has 12 heavy (non-hydrogen) atoms. The van der Waals surface area contributed by atoms with Crippen molar-refractivity contribution in [2.45, 2.75) is 25.7 Å². The summed E-state index contributed by atoms with van der Waals surface area (Å²) in [5, 5.41) is 7.72. The number of hydrogen-bond acceptors (Lipinski definition) is 2. The summed E-state index contributed by atoms with van der Waals surface area (Å²) in [6, 6.07) is 2.17. The maximum atomic E-state index is 4.45. The summed E-state index contributed by atoms with van der Waals surface area (Å²) in [4.78, 5) is 0. The van der Waals surface area contributed by atoms with Gasteiger partial charge in [0.05, 0.1) is 5.69 Å². The summed E-state index contributed by atoms with van der Waals surface area (Å²) in [5.41, 5.74) is 1.26. The summed E-state index contributed by atoms with van der Waals surface area (Å²) in [7, 11) is 1.99. The van der Waals surface area contributed by atoms with Gasteiger partial charge in [0.15, 0.2) is 0 Å². The van der Waals surface area contributed by atoms with Crippen LogP contribution in [0.15, 0.2) is 6.07 Å². The Balaban J connectivity index is 2.18. The molecule has 3 heteroatoms. The Morgan fingerprint density at radius 1 is 1.67 bits per heavy atom. The zero-order valence-electron chi connectivity index (χ0n) is 7.67. The summed E-state index contributed by atoms with van der Waals surface area (Å²) >= 11 is 0. The van der Waals surface area contributed by atoms with Gasteiger partial charge in [0.25, 0.3) is 0 Å². The summed E-state index contributed by atoms with van der Waals surface area (Å²) in [5.74, 6) is 1.89. The SMILES string of the molecule is CCNc1cc(C2CC2)nn1C. The molecule has 1 heterocycles. The van der Waals surface area contributed by atoms with E-state index in [4.69, 9.17) is 0 Å². The number of aryl methyl sites for hydroxylation is 1. The first-order valence-corrected chi connectivity index (χ1v) is 4.59. The summed E-state index contributed by atoms with van der Waals surface area (Å²) in [6.07, 6.45) is 2.64. The topological polar surface area (TPSA) is 29.9 Å². The quantitative estimate of drug-likeness (QED) is 0.739. The van der Waals surface area contributed by atoms with Gasteiger partial charge in [0.2, 0.25) is 0 Å². The maximum Gasteiger partial charge on any atom is 0.124 e. The molecule has 1 saturated carbocycles. The molecule has 3 nitrogen and oxygen atoms in total. The lowest BCUT2D eigenvalue weighted by Crippen LogP contribution is -2.02. The summed E-state index contributed by atoms with van der Waals surface area (Å²) < 4.78 is 1.93. The highest BCUT2D eigenvalue weighted by atomic mass is 15.3. The minimum absolute atomic E-state index is 0.753. The van der Waals surface area contributed by atoms with Crippen LogP contribution in [0.4, 0.5) is 5.82 Å². The highest BCUT2D eigenvalue weighted by molar-refractivity contribution is 5.38. The minimum atomic E-state index is 0.753. The number of anilines is 1. The van der Waals surface area contributed by atoms with Crippen LogP contribution >= 0.6 is 0 Å². The number of hydrogen-bond donors (Lipinski definition) is 1. The zero-order chi connectivity index (χ0) is 8.55.